The summed E-state index contributed by atoms with van der Waals surface area (Å²) in [5.74, 6) is 2.00. The standard InChI is InChI=1S/C48H27N3S/c1-2-10-30(11-3-1)45-49-46(31-23-25-42-36(26-31)35-15-5-7-19-41(35)52-42)51-47(50-45)32-22-24-34-33-14-4-6-16-37(33)48(40(34)27-32)38-17-8-12-28-20-21-29-13-9-18-39(48)44(29)43(28)38/h1-27H. The molecule has 0 amide bonds. The van der Waals surface area contributed by atoms with E-state index in [2.05, 4.69) is 146 Å². The molecule has 2 aliphatic rings. The second-order valence-corrected chi connectivity index (χ2v) is 15.0. The molecule has 1 spiro atoms. The second kappa shape index (κ2) is 10.3. The molecule has 0 saturated carbocycles. The van der Waals surface area contributed by atoms with Crippen LogP contribution in [-0.2, 0) is 5.41 Å². The molecule has 0 bridgehead atoms. The van der Waals surface area contributed by atoms with Gasteiger partial charge in [-0.3, -0.25) is 0 Å². The fourth-order valence-corrected chi connectivity index (χ4v) is 10.2. The monoisotopic (exact) mass is 677 g/mol. The van der Waals surface area contributed by atoms with Gasteiger partial charge in [-0.15, -0.1) is 11.3 Å². The number of thiophene rings is 1. The molecule has 4 heteroatoms. The predicted molar refractivity (Wildman–Crippen MR) is 215 cm³/mol. The van der Waals surface area contributed by atoms with E-state index < -0.39 is 5.41 Å². The van der Waals surface area contributed by atoms with Crippen molar-refractivity contribution >= 4 is 53.1 Å². The lowest BCUT2D eigenvalue weighted by molar-refractivity contribution is 0.797. The molecule has 0 aliphatic heterocycles. The molecule has 2 aliphatic carbocycles. The van der Waals surface area contributed by atoms with Crippen LogP contribution < -0.4 is 0 Å². The Morgan fingerprint density at radius 3 is 1.71 bits per heavy atom. The Morgan fingerprint density at radius 2 is 0.942 bits per heavy atom. The highest BCUT2D eigenvalue weighted by Gasteiger charge is 2.50. The molecule has 2 heterocycles. The Balaban J connectivity index is 1.12. The van der Waals surface area contributed by atoms with Gasteiger partial charge in [0.25, 0.3) is 0 Å². The molecule has 240 valence electrons. The van der Waals surface area contributed by atoms with Crippen molar-refractivity contribution in [3.05, 3.63) is 186 Å². The third-order valence-electron chi connectivity index (χ3n) is 11.3. The first-order chi connectivity index (χ1) is 25.8. The maximum absolute atomic E-state index is 5.26. The van der Waals surface area contributed by atoms with Crippen molar-refractivity contribution in [2.24, 2.45) is 0 Å². The molecule has 12 rings (SSSR count). The van der Waals surface area contributed by atoms with Crippen LogP contribution in [0.2, 0.25) is 0 Å². The first-order valence-corrected chi connectivity index (χ1v) is 18.5. The summed E-state index contributed by atoms with van der Waals surface area (Å²) in [4.78, 5) is 15.6. The first-order valence-electron chi connectivity index (χ1n) is 17.7. The van der Waals surface area contributed by atoms with E-state index in [0.717, 1.165) is 16.7 Å². The number of fused-ring (bicyclic) bond motifs is 10. The van der Waals surface area contributed by atoms with Gasteiger partial charge in [-0.25, -0.2) is 15.0 Å². The van der Waals surface area contributed by atoms with Crippen LogP contribution in [0.25, 0.3) is 87.0 Å². The Labute approximate surface area is 303 Å². The highest BCUT2D eigenvalue weighted by Crippen LogP contribution is 2.62. The molecule has 52 heavy (non-hydrogen) atoms. The molecule has 0 N–H and O–H groups in total. The lowest BCUT2D eigenvalue weighted by atomic mass is 9.70. The molecular formula is C48H27N3S. The summed E-state index contributed by atoms with van der Waals surface area (Å²) in [6, 6.07) is 59.5. The van der Waals surface area contributed by atoms with E-state index in [1.54, 1.807) is 0 Å². The molecule has 0 saturated heterocycles. The zero-order valence-corrected chi connectivity index (χ0v) is 28.7. The second-order valence-electron chi connectivity index (χ2n) is 13.9. The maximum atomic E-state index is 5.26. The molecule has 0 atom stereocenters. The van der Waals surface area contributed by atoms with Gasteiger partial charge in [0.05, 0.1) is 5.41 Å². The number of aromatic nitrogens is 3. The Morgan fingerprint density at radius 1 is 0.365 bits per heavy atom. The summed E-state index contributed by atoms with van der Waals surface area (Å²) < 4.78 is 2.54. The van der Waals surface area contributed by atoms with Crippen molar-refractivity contribution in [2.45, 2.75) is 5.41 Å². The SMILES string of the molecule is c1ccc(-c2nc(-c3ccc4c(c3)C3(c5ccccc5-4)c4cccc5ccc6cccc3c6c45)nc(-c3ccc4sc5ccccc5c4c3)n2)cc1. The van der Waals surface area contributed by atoms with E-state index in [4.69, 9.17) is 15.0 Å². The van der Waals surface area contributed by atoms with E-state index >= 15 is 0 Å². The van der Waals surface area contributed by atoms with Crippen LogP contribution in [0, 0.1) is 0 Å². The minimum absolute atomic E-state index is 0.451. The molecule has 2 aromatic heterocycles. The molecule has 0 radical (unpaired) electrons. The summed E-state index contributed by atoms with van der Waals surface area (Å²) in [6.07, 6.45) is 0. The van der Waals surface area contributed by atoms with Crippen LogP contribution >= 0.6 is 11.3 Å². The largest absolute Gasteiger partial charge is 0.208 e. The summed E-state index contributed by atoms with van der Waals surface area (Å²) in [5.41, 5.74) is 10.3. The highest BCUT2D eigenvalue weighted by molar-refractivity contribution is 7.25. The van der Waals surface area contributed by atoms with Crippen LogP contribution in [0.15, 0.2) is 164 Å². The number of hydrogen-bond acceptors (Lipinski definition) is 4. The van der Waals surface area contributed by atoms with Crippen molar-refractivity contribution in [3.8, 4) is 45.3 Å². The van der Waals surface area contributed by atoms with E-state index in [1.165, 1.54) is 75.1 Å². The van der Waals surface area contributed by atoms with Crippen molar-refractivity contribution in [3.63, 3.8) is 0 Å². The highest BCUT2D eigenvalue weighted by atomic mass is 32.1. The van der Waals surface area contributed by atoms with Gasteiger partial charge in [-0.05, 0) is 85.3 Å². The molecule has 0 fully saturated rings. The van der Waals surface area contributed by atoms with Gasteiger partial charge in [-0.1, -0.05) is 133 Å². The van der Waals surface area contributed by atoms with Gasteiger partial charge in [0.2, 0.25) is 0 Å². The summed E-state index contributed by atoms with van der Waals surface area (Å²) in [5, 5.41) is 7.75. The van der Waals surface area contributed by atoms with Crippen LogP contribution in [0.1, 0.15) is 22.3 Å². The Hall–Kier alpha value is -6.49. The molecule has 0 unspecified atom stereocenters. The van der Waals surface area contributed by atoms with Crippen LogP contribution in [-0.4, -0.2) is 15.0 Å². The van der Waals surface area contributed by atoms with Gasteiger partial charge < -0.3 is 0 Å². The van der Waals surface area contributed by atoms with E-state index in [0.29, 0.717) is 17.5 Å². The average molecular weight is 678 g/mol. The summed E-state index contributed by atoms with van der Waals surface area (Å²) in [7, 11) is 0. The van der Waals surface area contributed by atoms with E-state index in [1.807, 2.05) is 29.5 Å². The normalized spacial score (nSPS) is 13.5. The first kappa shape index (κ1) is 28.2. The van der Waals surface area contributed by atoms with Gasteiger partial charge >= 0.3 is 0 Å². The predicted octanol–water partition coefficient (Wildman–Crippen LogP) is 12.2. The summed E-state index contributed by atoms with van der Waals surface area (Å²) in [6.45, 7) is 0. The third kappa shape index (κ3) is 3.66. The van der Waals surface area contributed by atoms with Crippen LogP contribution in [0.3, 0.4) is 0 Å². The molecule has 10 aromatic rings. The zero-order chi connectivity index (χ0) is 34.0. The topological polar surface area (TPSA) is 38.7 Å². The van der Waals surface area contributed by atoms with Crippen LogP contribution in [0.4, 0.5) is 0 Å². The van der Waals surface area contributed by atoms with Crippen molar-refractivity contribution in [1.82, 2.24) is 15.0 Å². The minimum Gasteiger partial charge on any atom is -0.208 e. The fourth-order valence-electron chi connectivity index (χ4n) is 9.14. The zero-order valence-electron chi connectivity index (χ0n) is 27.8. The Kier molecular flexibility index (Phi) is 5.58. The number of rotatable bonds is 3. The van der Waals surface area contributed by atoms with Crippen molar-refractivity contribution in [2.75, 3.05) is 0 Å². The van der Waals surface area contributed by atoms with Crippen LogP contribution in [0.5, 0.6) is 0 Å². The average Bonchev–Trinajstić information content (AvgIpc) is 3.84. The quantitative estimate of drug-likeness (QED) is 0.175. The van der Waals surface area contributed by atoms with Crippen molar-refractivity contribution < 1.29 is 0 Å². The van der Waals surface area contributed by atoms with E-state index in [-0.39, 0.29) is 0 Å². The Bertz CT molecular complexity index is 3080. The van der Waals surface area contributed by atoms with Gasteiger partial charge in [0.1, 0.15) is 0 Å². The van der Waals surface area contributed by atoms with Crippen molar-refractivity contribution in [1.29, 1.82) is 0 Å². The smallest absolute Gasteiger partial charge is 0.164 e. The fraction of sp³-hybridized carbons (Fsp3) is 0.0208. The lowest BCUT2D eigenvalue weighted by Crippen LogP contribution is -2.26. The molecule has 3 nitrogen and oxygen atoms in total. The molecular weight excluding hydrogens is 651 g/mol. The lowest BCUT2D eigenvalue weighted by Gasteiger charge is -2.31. The minimum atomic E-state index is -0.451. The van der Waals surface area contributed by atoms with Gasteiger partial charge in [0, 0.05) is 36.9 Å². The van der Waals surface area contributed by atoms with E-state index in [9.17, 15) is 0 Å². The van der Waals surface area contributed by atoms with Gasteiger partial charge in [-0.2, -0.15) is 0 Å². The number of nitrogens with zero attached hydrogens (tertiary/aromatic N) is 3. The number of benzene rings is 8. The number of hydrogen-bond donors (Lipinski definition) is 0. The maximum Gasteiger partial charge on any atom is 0.164 e. The third-order valence-corrected chi connectivity index (χ3v) is 12.5. The van der Waals surface area contributed by atoms with Gasteiger partial charge in [0.15, 0.2) is 17.5 Å². The summed E-state index contributed by atoms with van der Waals surface area (Å²) >= 11 is 1.82. The molecule has 8 aromatic carbocycles.